The first-order chi connectivity index (χ1) is 7.16. The normalized spacial score (nSPS) is 18.1. The van der Waals surface area contributed by atoms with Gasteiger partial charge in [-0.2, -0.15) is 0 Å². The first-order valence-electron chi connectivity index (χ1n) is 5.69. The van der Waals surface area contributed by atoms with Gasteiger partial charge >= 0.3 is 0 Å². The predicted molar refractivity (Wildman–Crippen MR) is 63.8 cm³/mol. The molecule has 0 heterocycles. The van der Waals surface area contributed by atoms with Crippen LogP contribution in [0.15, 0.2) is 24.3 Å². The second-order valence-electron chi connectivity index (χ2n) is 4.69. The Hall–Kier alpha value is -0.860. The third-order valence-corrected chi connectivity index (χ3v) is 3.13. The Morgan fingerprint density at radius 2 is 2.20 bits per heavy atom. The molecule has 0 aromatic heterocycles. The van der Waals surface area contributed by atoms with Crippen molar-refractivity contribution in [2.45, 2.75) is 31.8 Å². The summed E-state index contributed by atoms with van der Waals surface area (Å²) in [5.74, 6) is 0. The lowest BCUT2D eigenvalue weighted by molar-refractivity contribution is 0.303. The zero-order valence-electron chi connectivity index (χ0n) is 9.61. The molecule has 0 spiro atoms. The van der Waals surface area contributed by atoms with E-state index in [9.17, 15) is 0 Å². The molecule has 2 nitrogen and oxygen atoms in total. The summed E-state index contributed by atoms with van der Waals surface area (Å²) < 4.78 is 0. The van der Waals surface area contributed by atoms with Crippen molar-refractivity contribution in [1.29, 1.82) is 0 Å². The van der Waals surface area contributed by atoms with E-state index in [1.54, 1.807) is 0 Å². The van der Waals surface area contributed by atoms with E-state index >= 15 is 0 Å². The molecule has 0 bridgehead atoms. The second kappa shape index (κ2) is 4.33. The second-order valence-corrected chi connectivity index (χ2v) is 4.69. The molecule has 15 heavy (non-hydrogen) atoms. The maximum absolute atomic E-state index is 6.19. The van der Waals surface area contributed by atoms with Gasteiger partial charge < -0.3 is 10.6 Å². The number of likely N-dealkylation sites (N-methyl/N-ethyl adjacent to an activating group) is 1. The number of rotatable bonds is 4. The molecular weight excluding hydrogens is 184 g/mol. The van der Waals surface area contributed by atoms with Gasteiger partial charge in [-0.15, -0.1) is 0 Å². The molecule has 2 heteroatoms. The van der Waals surface area contributed by atoms with Crippen LogP contribution in [-0.4, -0.2) is 24.5 Å². The molecule has 1 aliphatic rings. The van der Waals surface area contributed by atoms with Crippen molar-refractivity contribution in [3.05, 3.63) is 35.4 Å². The van der Waals surface area contributed by atoms with Crippen molar-refractivity contribution < 1.29 is 0 Å². The van der Waals surface area contributed by atoms with Crippen molar-refractivity contribution in [2.75, 3.05) is 13.6 Å². The van der Waals surface area contributed by atoms with Crippen LogP contribution in [-0.2, 0) is 0 Å². The fourth-order valence-electron chi connectivity index (χ4n) is 1.98. The molecular formula is C13H20N2. The molecule has 0 radical (unpaired) electrons. The van der Waals surface area contributed by atoms with E-state index in [0.717, 1.165) is 12.6 Å². The first kappa shape index (κ1) is 10.7. The summed E-state index contributed by atoms with van der Waals surface area (Å²) in [6.45, 7) is 3.08. The average molecular weight is 204 g/mol. The van der Waals surface area contributed by atoms with Gasteiger partial charge in [-0.1, -0.05) is 29.8 Å². The summed E-state index contributed by atoms with van der Waals surface area (Å²) >= 11 is 0. The number of hydrogen-bond acceptors (Lipinski definition) is 2. The third kappa shape index (κ3) is 2.80. The number of benzene rings is 1. The summed E-state index contributed by atoms with van der Waals surface area (Å²) in [7, 11) is 2.17. The quantitative estimate of drug-likeness (QED) is 0.813. The van der Waals surface area contributed by atoms with Crippen LogP contribution in [0, 0.1) is 6.92 Å². The van der Waals surface area contributed by atoms with Gasteiger partial charge in [0.15, 0.2) is 0 Å². The van der Waals surface area contributed by atoms with Crippen molar-refractivity contribution >= 4 is 0 Å². The van der Waals surface area contributed by atoms with Crippen molar-refractivity contribution in [3.8, 4) is 0 Å². The average Bonchev–Trinajstić information content (AvgIpc) is 3.00. The van der Waals surface area contributed by atoms with Crippen LogP contribution in [0.2, 0.25) is 0 Å². The van der Waals surface area contributed by atoms with E-state index in [0.29, 0.717) is 0 Å². The van der Waals surface area contributed by atoms with E-state index in [4.69, 9.17) is 5.73 Å². The van der Waals surface area contributed by atoms with E-state index in [1.165, 1.54) is 24.0 Å². The Kier molecular flexibility index (Phi) is 3.08. The lowest BCUT2D eigenvalue weighted by atomic mass is 10.0. The Labute approximate surface area is 92.1 Å². The van der Waals surface area contributed by atoms with E-state index in [2.05, 4.69) is 43.1 Å². The monoisotopic (exact) mass is 204 g/mol. The molecule has 1 atom stereocenters. The van der Waals surface area contributed by atoms with Gasteiger partial charge in [0.2, 0.25) is 0 Å². The van der Waals surface area contributed by atoms with Gasteiger partial charge in [0.05, 0.1) is 0 Å². The maximum atomic E-state index is 6.19. The highest BCUT2D eigenvalue weighted by atomic mass is 15.2. The van der Waals surface area contributed by atoms with Gasteiger partial charge in [-0.3, -0.25) is 0 Å². The molecule has 0 aliphatic heterocycles. The van der Waals surface area contributed by atoms with Crippen LogP contribution in [0.5, 0.6) is 0 Å². The van der Waals surface area contributed by atoms with Crippen LogP contribution in [0.25, 0.3) is 0 Å². The van der Waals surface area contributed by atoms with Gasteiger partial charge in [-0.05, 0) is 32.4 Å². The number of nitrogens with zero attached hydrogens (tertiary/aromatic N) is 1. The van der Waals surface area contributed by atoms with Crippen LogP contribution in [0.4, 0.5) is 0 Å². The minimum absolute atomic E-state index is 0.149. The largest absolute Gasteiger partial charge is 0.323 e. The number of aryl methyl sites for hydroxylation is 1. The zero-order chi connectivity index (χ0) is 10.8. The minimum atomic E-state index is 0.149. The highest BCUT2D eigenvalue weighted by Crippen LogP contribution is 2.26. The SMILES string of the molecule is Cc1cccc(C(N)CN(C)C2CC2)c1. The molecule has 1 aromatic rings. The van der Waals surface area contributed by atoms with E-state index in [-0.39, 0.29) is 6.04 Å². The standard InChI is InChI=1S/C13H20N2/c1-10-4-3-5-11(8-10)13(14)9-15(2)12-6-7-12/h3-5,8,12-13H,6-7,9,14H2,1-2H3. The van der Waals surface area contributed by atoms with Crippen LogP contribution in [0.3, 0.4) is 0 Å². The molecule has 82 valence electrons. The summed E-state index contributed by atoms with van der Waals surface area (Å²) in [4.78, 5) is 2.38. The molecule has 1 unspecified atom stereocenters. The molecule has 1 saturated carbocycles. The molecule has 1 fully saturated rings. The lowest BCUT2D eigenvalue weighted by Gasteiger charge is -2.21. The van der Waals surface area contributed by atoms with Gasteiger partial charge in [0.1, 0.15) is 0 Å². The molecule has 2 N–H and O–H groups in total. The van der Waals surface area contributed by atoms with Gasteiger partial charge in [0.25, 0.3) is 0 Å². The minimum Gasteiger partial charge on any atom is -0.323 e. The topological polar surface area (TPSA) is 29.3 Å². The number of nitrogens with two attached hydrogens (primary N) is 1. The summed E-state index contributed by atoms with van der Waals surface area (Å²) in [5.41, 5.74) is 8.73. The van der Waals surface area contributed by atoms with Crippen LogP contribution >= 0.6 is 0 Å². The highest BCUT2D eigenvalue weighted by Gasteiger charge is 2.27. The summed E-state index contributed by atoms with van der Waals surface area (Å²) in [6, 6.07) is 9.45. The summed E-state index contributed by atoms with van der Waals surface area (Å²) in [5, 5.41) is 0. The van der Waals surface area contributed by atoms with Crippen LogP contribution in [0.1, 0.15) is 30.0 Å². The number of hydrogen-bond donors (Lipinski definition) is 1. The molecule has 2 rings (SSSR count). The Morgan fingerprint density at radius 1 is 1.47 bits per heavy atom. The Morgan fingerprint density at radius 3 is 2.80 bits per heavy atom. The van der Waals surface area contributed by atoms with Crippen molar-refractivity contribution in [3.63, 3.8) is 0 Å². The smallest absolute Gasteiger partial charge is 0.0424 e. The van der Waals surface area contributed by atoms with E-state index in [1.807, 2.05) is 0 Å². The Bertz CT molecular complexity index is 331. The van der Waals surface area contributed by atoms with Crippen LogP contribution < -0.4 is 5.73 Å². The molecule has 1 aromatic carbocycles. The first-order valence-corrected chi connectivity index (χ1v) is 5.69. The van der Waals surface area contributed by atoms with Crippen molar-refractivity contribution in [1.82, 2.24) is 4.90 Å². The van der Waals surface area contributed by atoms with Crippen molar-refractivity contribution in [2.24, 2.45) is 5.73 Å². The predicted octanol–water partition coefficient (Wildman–Crippen LogP) is 2.09. The lowest BCUT2D eigenvalue weighted by Crippen LogP contribution is -2.30. The molecule has 0 amide bonds. The molecule has 1 aliphatic carbocycles. The maximum Gasteiger partial charge on any atom is 0.0424 e. The molecule has 0 saturated heterocycles. The van der Waals surface area contributed by atoms with Gasteiger partial charge in [-0.25, -0.2) is 0 Å². The third-order valence-electron chi connectivity index (χ3n) is 3.13. The fourth-order valence-corrected chi connectivity index (χ4v) is 1.98. The fraction of sp³-hybridized carbons (Fsp3) is 0.538. The summed E-state index contributed by atoms with van der Waals surface area (Å²) in [6.07, 6.45) is 2.69. The zero-order valence-corrected chi connectivity index (χ0v) is 9.61. The van der Waals surface area contributed by atoms with E-state index < -0.39 is 0 Å². The van der Waals surface area contributed by atoms with Gasteiger partial charge in [0, 0.05) is 18.6 Å². The highest BCUT2D eigenvalue weighted by molar-refractivity contribution is 5.25. The Balaban J connectivity index is 1.97.